The van der Waals surface area contributed by atoms with Crippen LogP contribution in [-0.2, 0) is 4.79 Å². The smallest absolute Gasteiger partial charge is 0.238 e. The van der Waals surface area contributed by atoms with Gasteiger partial charge < -0.3 is 0 Å². The number of carbonyl (C=O) groups is 1. The summed E-state index contributed by atoms with van der Waals surface area (Å²) >= 11 is 0. The molecule has 0 aromatic carbocycles. The quantitative estimate of drug-likeness (QED) is 0.723. The maximum Gasteiger partial charge on any atom is 0.238 e. The van der Waals surface area contributed by atoms with E-state index in [1.54, 1.807) is 0 Å². The molecule has 0 radical (unpaired) electrons. The van der Waals surface area contributed by atoms with Gasteiger partial charge in [0.2, 0.25) is 5.91 Å². The summed E-state index contributed by atoms with van der Waals surface area (Å²) < 4.78 is 0. The highest BCUT2D eigenvalue weighted by Gasteiger charge is 2.46. The Kier molecular flexibility index (Phi) is 2.67. The van der Waals surface area contributed by atoms with Gasteiger partial charge in [0.25, 0.3) is 0 Å². The molecule has 3 fully saturated rings. The van der Waals surface area contributed by atoms with Crippen molar-refractivity contribution < 1.29 is 4.79 Å². The third kappa shape index (κ3) is 2.47. The Morgan fingerprint density at radius 2 is 2.18 bits per heavy atom. The van der Waals surface area contributed by atoms with Gasteiger partial charge >= 0.3 is 0 Å². The van der Waals surface area contributed by atoms with Crippen LogP contribution in [0.3, 0.4) is 0 Å². The van der Waals surface area contributed by atoms with Gasteiger partial charge in [-0.05, 0) is 24.7 Å². The van der Waals surface area contributed by atoms with E-state index in [9.17, 15) is 4.79 Å². The molecular formula is C13H23N3O. The van der Waals surface area contributed by atoms with Crippen molar-refractivity contribution in [2.24, 2.45) is 11.3 Å². The van der Waals surface area contributed by atoms with Gasteiger partial charge in [0, 0.05) is 32.2 Å². The Hall–Kier alpha value is -0.610. The van der Waals surface area contributed by atoms with Crippen LogP contribution in [0.15, 0.2) is 0 Å². The molecule has 0 aromatic heterocycles. The van der Waals surface area contributed by atoms with E-state index in [2.05, 4.69) is 29.2 Å². The van der Waals surface area contributed by atoms with Crippen molar-refractivity contribution in [3.8, 4) is 0 Å². The Balaban J connectivity index is 1.50. The SMILES string of the molecule is CC1(C)CCCN(NC(=O)C2CC3CN3C2)C1. The number of piperidine rings is 2. The minimum Gasteiger partial charge on any atom is -0.297 e. The Labute approximate surface area is 103 Å². The zero-order valence-electron chi connectivity index (χ0n) is 10.9. The fraction of sp³-hybridized carbons (Fsp3) is 0.923. The van der Waals surface area contributed by atoms with Crippen molar-refractivity contribution in [3.05, 3.63) is 0 Å². The van der Waals surface area contributed by atoms with Crippen LogP contribution >= 0.6 is 0 Å². The molecule has 4 heteroatoms. The van der Waals surface area contributed by atoms with E-state index in [4.69, 9.17) is 0 Å². The predicted molar refractivity (Wildman–Crippen MR) is 66.2 cm³/mol. The van der Waals surface area contributed by atoms with E-state index in [-0.39, 0.29) is 11.8 Å². The lowest BCUT2D eigenvalue weighted by molar-refractivity contribution is -0.131. The zero-order chi connectivity index (χ0) is 12.0. The molecule has 3 heterocycles. The third-order valence-electron chi connectivity index (χ3n) is 4.38. The minimum atomic E-state index is 0.235. The zero-order valence-corrected chi connectivity index (χ0v) is 10.9. The maximum atomic E-state index is 12.1. The Morgan fingerprint density at radius 3 is 2.82 bits per heavy atom. The summed E-state index contributed by atoms with van der Waals surface area (Å²) in [5, 5.41) is 2.13. The number of hydrogen-bond acceptors (Lipinski definition) is 3. The molecule has 3 saturated heterocycles. The van der Waals surface area contributed by atoms with Crippen LogP contribution in [0.4, 0.5) is 0 Å². The molecule has 0 aromatic rings. The van der Waals surface area contributed by atoms with Gasteiger partial charge in [-0.25, -0.2) is 5.01 Å². The maximum absolute atomic E-state index is 12.1. The average molecular weight is 237 g/mol. The Morgan fingerprint density at radius 1 is 1.35 bits per heavy atom. The van der Waals surface area contributed by atoms with Gasteiger partial charge in [-0.15, -0.1) is 0 Å². The summed E-state index contributed by atoms with van der Waals surface area (Å²) in [5.41, 5.74) is 3.47. The topological polar surface area (TPSA) is 35.4 Å². The highest BCUT2D eigenvalue weighted by molar-refractivity contribution is 5.79. The first-order valence-corrected chi connectivity index (χ1v) is 6.83. The first-order valence-electron chi connectivity index (χ1n) is 6.83. The van der Waals surface area contributed by atoms with Gasteiger partial charge in [0.15, 0.2) is 0 Å². The van der Waals surface area contributed by atoms with E-state index < -0.39 is 0 Å². The van der Waals surface area contributed by atoms with Gasteiger partial charge in [-0.2, -0.15) is 0 Å². The van der Waals surface area contributed by atoms with Crippen molar-refractivity contribution in [3.63, 3.8) is 0 Å². The summed E-state index contributed by atoms with van der Waals surface area (Å²) in [5.74, 6) is 0.480. The number of amides is 1. The molecule has 0 aliphatic carbocycles. The lowest BCUT2D eigenvalue weighted by atomic mass is 9.85. The molecule has 1 N–H and O–H groups in total. The minimum absolute atomic E-state index is 0.235. The first kappa shape index (κ1) is 11.5. The van der Waals surface area contributed by atoms with Crippen molar-refractivity contribution in [1.29, 1.82) is 0 Å². The van der Waals surface area contributed by atoms with Crippen LogP contribution < -0.4 is 5.43 Å². The second kappa shape index (κ2) is 3.95. The Bertz CT molecular complexity index is 319. The second-order valence-corrected chi connectivity index (χ2v) is 6.71. The summed E-state index contributed by atoms with van der Waals surface area (Å²) in [6.45, 7) is 8.76. The van der Waals surface area contributed by atoms with E-state index in [1.165, 1.54) is 19.4 Å². The largest absolute Gasteiger partial charge is 0.297 e. The fourth-order valence-electron chi connectivity index (χ4n) is 3.31. The molecule has 3 atom stereocenters. The fourth-order valence-corrected chi connectivity index (χ4v) is 3.31. The molecular weight excluding hydrogens is 214 g/mol. The number of hydrazine groups is 1. The van der Waals surface area contributed by atoms with E-state index in [0.717, 1.165) is 32.1 Å². The van der Waals surface area contributed by atoms with Crippen LogP contribution in [0.5, 0.6) is 0 Å². The molecule has 3 aliphatic rings. The second-order valence-electron chi connectivity index (χ2n) is 6.71. The van der Waals surface area contributed by atoms with Gasteiger partial charge in [-0.3, -0.25) is 15.1 Å². The van der Waals surface area contributed by atoms with Crippen molar-refractivity contribution >= 4 is 5.91 Å². The number of hydrogen-bond donors (Lipinski definition) is 1. The lowest BCUT2D eigenvalue weighted by Crippen LogP contribution is -2.52. The molecule has 96 valence electrons. The van der Waals surface area contributed by atoms with Crippen molar-refractivity contribution in [2.45, 2.75) is 39.2 Å². The lowest BCUT2D eigenvalue weighted by Gasteiger charge is -2.38. The van der Waals surface area contributed by atoms with E-state index in [0.29, 0.717) is 5.41 Å². The third-order valence-corrected chi connectivity index (χ3v) is 4.38. The van der Waals surface area contributed by atoms with Crippen LogP contribution in [0, 0.1) is 11.3 Å². The molecule has 3 rings (SSSR count). The molecule has 3 aliphatic heterocycles. The monoisotopic (exact) mass is 237 g/mol. The van der Waals surface area contributed by atoms with Gasteiger partial charge in [0.05, 0.1) is 5.92 Å². The number of fused-ring (bicyclic) bond motifs is 1. The number of carbonyl (C=O) groups excluding carboxylic acids is 1. The molecule has 4 nitrogen and oxygen atoms in total. The van der Waals surface area contributed by atoms with Crippen LogP contribution in [0.25, 0.3) is 0 Å². The first-order chi connectivity index (χ1) is 8.03. The molecule has 3 unspecified atom stereocenters. The van der Waals surface area contributed by atoms with Crippen LogP contribution in [-0.4, -0.2) is 48.0 Å². The summed E-state index contributed by atoms with van der Waals surface area (Å²) in [6, 6.07) is 0.726. The highest BCUT2D eigenvalue weighted by Crippen LogP contribution is 2.34. The summed E-state index contributed by atoms with van der Waals surface area (Å²) in [7, 11) is 0. The van der Waals surface area contributed by atoms with Gasteiger partial charge in [-0.1, -0.05) is 13.8 Å². The summed E-state index contributed by atoms with van der Waals surface area (Å²) in [6.07, 6.45) is 3.52. The van der Waals surface area contributed by atoms with Gasteiger partial charge in [0.1, 0.15) is 0 Å². The molecule has 17 heavy (non-hydrogen) atoms. The standard InChI is InChI=1S/C13H23N3O/c1-13(2)4-3-5-16(9-13)14-12(17)10-6-11-8-15(11)7-10/h10-11H,3-9H2,1-2H3,(H,14,17). The van der Waals surface area contributed by atoms with Crippen LogP contribution in [0.2, 0.25) is 0 Å². The van der Waals surface area contributed by atoms with E-state index in [1.807, 2.05) is 0 Å². The normalized spacial score (nSPS) is 39.8. The number of nitrogens with zero attached hydrogens (tertiary/aromatic N) is 2. The molecule has 0 spiro atoms. The van der Waals surface area contributed by atoms with Crippen LogP contribution in [0.1, 0.15) is 33.1 Å². The average Bonchev–Trinajstić information content (AvgIpc) is 2.84. The predicted octanol–water partition coefficient (Wildman–Crippen LogP) is 0.844. The molecule has 1 amide bonds. The van der Waals surface area contributed by atoms with Crippen molar-refractivity contribution in [2.75, 3.05) is 26.2 Å². The highest BCUT2D eigenvalue weighted by atomic mass is 16.2. The number of nitrogens with one attached hydrogen (secondary N) is 1. The van der Waals surface area contributed by atoms with Crippen molar-refractivity contribution in [1.82, 2.24) is 15.3 Å². The number of rotatable bonds is 2. The molecule has 0 saturated carbocycles. The summed E-state index contributed by atoms with van der Waals surface area (Å²) in [4.78, 5) is 14.5. The molecule has 0 bridgehead atoms. The van der Waals surface area contributed by atoms with E-state index >= 15 is 0 Å².